The second-order valence-corrected chi connectivity index (χ2v) is 9.48. The largest absolute Gasteiger partial charge is 0.494 e. The first-order valence-electron chi connectivity index (χ1n) is 12.5. The quantitative estimate of drug-likeness (QED) is 0.190. The molecule has 0 aliphatic carbocycles. The fourth-order valence-electron chi connectivity index (χ4n) is 4.31. The molecule has 0 heterocycles. The molecule has 0 saturated carbocycles. The first kappa shape index (κ1) is 26.7. The number of nitrogens with zero attached hydrogens (tertiary/aromatic N) is 2. The summed E-state index contributed by atoms with van der Waals surface area (Å²) in [7, 11) is 4.92. The fourth-order valence-corrected chi connectivity index (χ4v) is 4.31. The first-order chi connectivity index (χ1) is 18.4. The zero-order valence-electron chi connectivity index (χ0n) is 22.9. The molecular formula is C33H34N2O3. The van der Waals surface area contributed by atoms with Crippen LogP contribution in [0.2, 0.25) is 0 Å². The molecule has 4 aromatic rings. The summed E-state index contributed by atoms with van der Waals surface area (Å²) < 4.78 is 16.7. The second-order valence-electron chi connectivity index (χ2n) is 9.48. The van der Waals surface area contributed by atoms with Crippen LogP contribution in [0.15, 0.2) is 107 Å². The number of hydrogen-bond donors (Lipinski definition) is 0. The fraction of sp³-hybridized carbons (Fsp3) is 0.212. The van der Waals surface area contributed by atoms with Crippen LogP contribution in [0, 0.1) is 6.92 Å². The Hall–Kier alpha value is -4.38. The van der Waals surface area contributed by atoms with E-state index in [4.69, 9.17) is 19.2 Å². The molecule has 4 rings (SSSR count). The number of rotatable bonds is 7. The van der Waals surface area contributed by atoms with Gasteiger partial charge in [0.25, 0.3) is 0 Å². The number of aliphatic imine (C=N–C) groups is 2. The lowest BCUT2D eigenvalue weighted by molar-refractivity contribution is 0.402. The van der Waals surface area contributed by atoms with Crippen molar-refractivity contribution in [3.8, 4) is 5.75 Å². The van der Waals surface area contributed by atoms with Crippen molar-refractivity contribution in [3.63, 3.8) is 0 Å². The van der Waals surface area contributed by atoms with Gasteiger partial charge in [-0.05, 0) is 66.1 Å². The van der Waals surface area contributed by atoms with Gasteiger partial charge in [0.15, 0.2) is 0 Å². The molecule has 0 unspecified atom stereocenters. The van der Waals surface area contributed by atoms with Crippen molar-refractivity contribution < 1.29 is 14.2 Å². The Kier molecular flexibility index (Phi) is 8.27. The molecule has 194 valence electrons. The molecule has 0 fully saturated rings. The van der Waals surface area contributed by atoms with Gasteiger partial charge in [0, 0.05) is 16.5 Å². The van der Waals surface area contributed by atoms with Crippen molar-refractivity contribution in [3.05, 3.63) is 125 Å². The van der Waals surface area contributed by atoms with Crippen LogP contribution in [0.1, 0.15) is 41.7 Å². The van der Waals surface area contributed by atoms with E-state index in [1.54, 1.807) is 21.3 Å². The molecule has 0 aromatic heterocycles. The van der Waals surface area contributed by atoms with Gasteiger partial charge in [0.2, 0.25) is 11.8 Å². The van der Waals surface area contributed by atoms with Crippen molar-refractivity contribution in [1.29, 1.82) is 0 Å². The van der Waals surface area contributed by atoms with Gasteiger partial charge in [0.05, 0.1) is 27.0 Å². The van der Waals surface area contributed by atoms with Crippen LogP contribution in [0.4, 0.5) is 11.4 Å². The molecule has 0 aliphatic rings. The summed E-state index contributed by atoms with van der Waals surface area (Å²) in [5.41, 5.74) is 6.71. The van der Waals surface area contributed by atoms with Gasteiger partial charge < -0.3 is 14.2 Å². The lowest BCUT2D eigenvalue weighted by Crippen LogP contribution is -2.19. The lowest BCUT2D eigenvalue weighted by Gasteiger charge is -2.26. The highest BCUT2D eigenvalue weighted by Gasteiger charge is 2.24. The summed E-state index contributed by atoms with van der Waals surface area (Å²) in [5.74, 6) is 1.82. The van der Waals surface area contributed by atoms with Gasteiger partial charge >= 0.3 is 0 Å². The predicted octanol–water partition coefficient (Wildman–Crippen LogP) is 7.78. The summed E-state index contributed by atoms with van der Waals surface area (Å²) in [4.78, 5) is 9.42. The van der Waals surface area contributed by atoms with Crippen molar-refractivity contribution in [2.75, 3.05) is 21.3 Å². The van der Waals surface area contributed by atoms with E-state index in [1.165, 1.54) is 11.1 Å². The minimum atomic E-state index is -0.218. The van der Waals surface area contributed by atoms with E-state index in [2.05, 4.69) is 55.2 Å². The summed E-state index contributed by atoms with van der Waals surface area (Å²) in [6, 6.07) is 32.4. The van der Waals surface area contributed by atoms with Crippen LogP contribution < -0.4 is 4.74 Å². The van der Waals surface area contributed by atoms with Gasteiger partial charge in [-0.25, -0.2) is 9.98 Å². The molecule has 0 atom stereocenters. The van der Waals surface area contributed by atoms with Gasteiger partial charge in [-0.15, -0.1) is 0 Å². The third-order valence-electron chi connectivity index (χ3n) is 6.74. The third kappa shape index (κ3) is 5.78. The molecule has 0 spiro atoms. The standard InChI is InChI=1S/C33H34N2O3/c1-23-11-7-8-12-28(23)34-31(37-5)24-15-19-26(20-16-24)33(2,3)27-21-17-25(18-22-27)32(38-6)35-29-13-9-10-14-30(29)36-4/h7-22H,1-6H3/b34-31-,35-32-. The summed E-state index contributed by atoms with van der Waals surface area (Å²) in [5, 5.41) is 0. The molecule has 0 amide bonds. The third-order valence-corrected chi connectivity index (χ3v) is 6.74. The molecule has 0 radical (unpaired) electrons. The average molecular weight is 507 g/mol. The maximum Gasteiger partial charge on any atom is 0.221 e. The van der Waals surface area contributed by atoms with Crippen LogP contribution in [-0.4, -0.2) is 33.1 Å². The Morgan fingerprint density at radius 2 is 1.03 bits per heavy atom. The van der Waals surface area contributed by atoms with E-state index in [-0.39, 0.29) is 5.41 Å². The van der Waals surface area contributed by atoms with E-state index >= 15 is 0 Å². The lowest BCUT2D eigenvalue weighted by atomic mass is 9.78. The highest BCUT2D eigenvalue weighted by molar-refractivity contribution is 5.96. The number of ether oxygens (including phenoxy) is 3. The maximum atomic E-state index is 5.63. The maximum absolute atomic E-state index is 5.63. The Morgan fingerprint density at radius 3 is 1.50 bits per heavy atom. The van der Waals surface area contributed by atoms with Crippen LogP contribution in [0.5, 0.6) is 5.75 Å². The number of para-hydroxylation sites is 3. The van der Waals surface area contributed by atoms with Crippen LogP contribution in [-0.2, 0) is 14.9 Å². The summed E-state index contributed by atoms with van der Waals surface area (Å²) in [6.45, 7) is 6.48. The summed E-state index contributed by atoms with van der Waals surface area (Å²) >= 11 is 0. The number of methoxy groups -OCH3 is 3. The molecule has 0 saturated heterocycles. The minimum Gasteiger partial charge on any atom is -0.494 e. The Balaban J connectivity index is 1.58. The second kappa shape index (κ2) is 11.8. The Morgan fingerprint density at radius 1 is 0.579 bits per heavy atom. The average Bonchev–Trinajstić information content (AvgIpc) is 2.96. The van der Waals surface area contributed by atoms with Crippen molar-refractivity contribution >= 4 is 23.2 Å². The SMILES string of the molecule is CO/C(=N\c1ccccc1C)c1ccc(C(C)(C)c2ccc(/C(=N/c3ccccc3OC)OC)cc2)cc1. The number of aryl methyl sites for hydroxylation is 1. The van der Waals surface area contributed by atoms with Crippen LogP contribution in [0.3, 0.4) is 0 Å². The van der Waals surface area contributed by atoms with E-state index in [1.807, 2.05) is 67.6 Å². The highest BCUT2D eigenvalue weighted by atomic mass is 16.5. The zero-order valence-corrected chi connectivity index (χ0v) is 22.9. The Bertz CT molecular complexity index is 1440. The topological polar surface area (TPSA) is 52.4 Å². The van der Waals surface area contributed by atoms with Gasteiger partial charge in [-0.3, -0.25) is 0 Å². The molecule has 0 N–H and O–H groups in total. The molecule has 5 nitrogen and oxygen atoms in total. The minimum absolute atomic E-state index is 0.218. The molecule has 4 aromatic carbocycles. The normalized spacial score (nSPS) is 12.3. The molecule has 38 heavy (non-hydrogen) atoms. The molecule has 5 heteroatoms. The van der Waals surface area contributed by atoms with Crippen LogP contribution >= 0.6 is 0 Å². The number of benzene rings is 4. The summed E-state index contributed by atoms with van der Waals surface area (Å²) in [6.07, 6.45) is 0. The van der Waals surface area contributed by atoms with Crippen molar-refractivity contribution in [1.82, 2.24) is 0 Å². The van der Waals surface area contributed by atoms with Crippen LogP contribution in [0.25, 0.3) is 0 Å². The van der Waals surface area contributed by atoms with E-state index in [9.17, 15) is 0 Å². The van der Waals surface area contributed by atoms with E-state index < -0.39 is 0 Å². The molecule has 0 bridgehead atoms. The molecular weight excluding hydrogens is 472 g/mol. The highest BCUT2D eigenvalue weighted by Crippen LogP contribution is 2.33. The number of hydrogen-bond acceptors (Lipinski definition) is 5. The van der Waals surface area contributed by atoms with E-state index in [0.717, 1.165) is 28.1 Å². The van der Waals surface area contributed by atoms with Gasteiger partial charge in [-0.2, -0.15) is 0 Å². The Labute approximate surface area is 225 Å². The van der Waals surface area contributed by atoms with Crippen molar-refractivity contribution in [2.24, 2.45) is 9.98 Å². The first-order valence-corrected chi connectivity index (χ1v) is 12.5. The zero-order chi connectivity index (χ0) is 27.1. The van der Waals surface area contributed by atoms with E-state index in [0.29, 0.717) is 17.5 Å². The van der Waals surface area contributed by atoms with Gasteiger partial charge in [-0.1, -0.05) is 68.4 Å². The smallest absolute Gasteiger partial charge is 0.221 e. The monoisotopic (exact) mass is 506 g/mol. The van der Waals surface area contributed by atoms with Gasteiger partial charge in [0.1, 0.15) is 11.4 Å². The molecule has 0 aliphatic heterocycles. The predicted molar refractivity (Wildman–Crippen MR) is 156 cm³/mol. The van der Waals surface area contributed by atoms with Crippen molar-refractivity contribution in [2.45, 2.75) is 26.2 Å².